The van der Waals surface area contributed by atoms with E-state index >= 15 is 0 Å². The quantitative estimate of drug-likeness (QED) is 0.344. The van der Waals surface area contributed by atoms with E-state index in [0.29, 0.717) is 18.2 Å². The lowest BCUT2D eigenvalue weighted by Crippen LogP contribution is -2.48. The molecule has 1 fully saturated rings. The number of benzene rings is 2. The molecule has 4 aromatic rings. The molecule has 2 aromatic heterocycles. The van der Waals surface area contributed by atoms with Crippen LogP contribution in [0.15, 0.2) is 54.7 Å². The number of fused-ring (bicyclic) bond motifs is 1. The van der Waals surface area contributed by atoms with Crippen LogP contribution in [-0.2, 0) is 0 Å². The minimum absolute atomic E-state index is 0.311. The van der Waals surface area contributed by atoms with Gasteiger partial charge in [0.2, 0.25) is 5.95 Å². The summed E-state index contributed by atoms with van der Waals surface area (Å²) < 4.78 is 18.6. The lowest BCUT2D eigenvalue weighted by atomic mass is 10.1. The third-order valence-electron chi connectivity index (χ3n) is 6.77. The van der Waals surface area contributed by atoms with Crippen LogP contribution in [0.2, 0.25) is 0 Å². The SMILES string of the molecule is COc1ccc(OC)c(-c2ccc3cnc(Nc4ccc(N5CCN(C[C@H](C)O)CC5)cc4OC)nn23)c1. The van der Waals surface area contributed by atoms with Crippen molar-refractivity contribution in [3.8, 4) is 28.5 Å². The summed E-state index contributed by atoms with van der Waals surface area (Å²) in [6, 6.07) is 15.7. The van der Waals surface area contributed by atoms with E-state index in [1.165, 1.54) is 0 Å². The van der Waals surface area contributed by atoms with Crippen LogP contribution < -0.4 is 24.4 Å². The highest BCUT2D eigenvalue weighted by Crippen LogP contribution is 2.35. The van der Waals surface area contributed by atoms with Crippen LogP contribution in [-0.4, -0.2) is 84.8 Å². The van der Waals surface area contributed by atoms with Crippen LogP contribution in [0.4, 0.5) is 17.3 Å². The lowest BCUT2D eigenvalue weighted by Gasteiger charge is -2.36. The zero-order chi connectivity index (χ0) is 26.6. The fourth-order valence-corrected chi connectivity index (χ4v) is 4.84. The number of hydrogen-bond acceptors (Lipinski definition) is 9. The largest absolute Gasteiger partial charge is 0.497 e. The molecular weight excluding hydrogens is 484 g/mol. The Labute approximate surface area is 222 Å². The number of methoxy groups -OCH3 is 3. The average Bonchev–Trinajstić information content (AvgIpc) is 3.36. The first-order chi connectivity index (χ1) is 18.5. The van der Waals surface area contributed by atoms with E-state index in [1.54, 1.807) is 27.5 Å². The predicted octanol–water partition coefficient (Wildman–Crippen LogP) is 3.67. The van der Waals surface area contributed by atoms with Crippen molar-refractivity contribution in [1.82, 2.24) is 19.5 Å². The molecule has 1 atom stereocenters. The molecule has 0 bridgehead atoms. The fourth-order valence-electron chi connectivity index (χ4n) is 4.84. The van der Waals surface area contributed by atoms with E-state index in [9.17, 15) is 5.11 Å². The Bertz CT molecular complexity index is 1400. The molecule has 0 aliphatic carbocycles. The molecule has 0 amide bonds. The number of aromatic nitrogens is 3. The first-order valence-electron chi connectivity index (χ1n) is 12.7. The van der Waals surface area contributed by atoms with Gasteiger partial charge in [-0.25, -0.2) is 9.50 Å². The molecule has 1 saturated heterocycles. The number of hydrogen-bond donors (Lipinski definition) is 2. The number of rotatable bonds is 9. The number of aliphatic hydroxyl groups excluding tert-OH is 1. The third-order valence-corrected chi connectivity index (χ3v) is 6.77. The fraction of sp³-hybridized carbons (Fsp3) is 0.357. The normalized spacial score (nSPS) is 14.9. The molecule has 0 spiro atoms. The lowest BCUT2D eigenvalue weighted by molar-refractivity contribution is 0.122. The van der Waals surface area contributed by atoms with Crippen molar-refractivity contribution in [2.45, 2.75) is 13.0 Å². The number of β-amino-alcohol motifs (C(OH)–C–C–N with tert-alkyl or cyclic N) is 1. The molecule has 0 unspecified atom stereocenters. The van der Waals surface area contributed by atoms with Gasteiger partial charge in [-0.05, 0) is 49.4 Å². The number of anilines is 3. The van der Waals surface area contributed by atoms with Crippen LogP contribution >= 0.6 is 0 Å². The topological polar surface area (TPSA) is 96.6 Å². The zero-order valence-electron chi connectivity index (χ0n) is 22.2. The summed E-state index contributed by atoms with van der Waals surface area (Å²) >= 11 is 0. The molecule has 10 nitrogen and oxygen atoms in total. The summed E-state index contributed by atoms with van der Waals surface area (Å²) in [7, 11) is 4.95. The Morgan fingerprint density at radius 1 is 0.921 bits per heavy atom. The maximum Gasteiger partial charge on any atom is 0.245 e. The van der Waals surface area contributed by atoms with Crippen molar-refractivity contribution < 1.29 is 19.3 Å². The van der Waals surface area contributed by atoms with Crippen molar-refractivity contribution in [2.75, 3.05) is 64.3 Å². The van der Waals surface area contributed by atoms with E-state index in [2.05, 4.69) is 26.2 Å². The summed E-state index contributed by atoms with van der Waals surface area (Å²) in [6.45, 7) is 6.16. The summed E-state index contributed by atoms with van der Waals surface area (Å²) in [6.07, 6.45) is 1.47. The van der Waals surface area contributed by atoms with Gasteiger partial charge in [-0.15, -0.1) is 5.10 Å². The number of nitrogens with one attached hydrogen (secondary N) is 1. The summed E-state index contributed by atoms with van der Waals surface area (Å²) in [4.78, 5) is 9.14. The van der Waals surface area contributed by atoms with Crippen molar-refractivity contribution in [2.24, 2.45) is 0 Å². The molecule has 1 aliphatic heterocycles. The van der Waals surface area contributed by atoms with Crippen molar-refractivity contribution in [3.63, 3.8) is 0 Å². The number of aliphatic hydroxyl groups is 1. The highest BCUT2D eigenvalue weighted by atomic mass is 16.5. The van der Waals surface area contributed by atoms with Gasteiger partial charge in [0.05, 0.1) is 50.5 Å². The van der Waals surface area contributed by atoms with Gasteiger partial charge in [-0.2, -0.15) is 0 Å². The summed E-state index contributed by atoms with van der Waals surface area (Å²) in [5.41, 5.74) is 4.45. The van der Waals surface area contributed by atoms with Crippen LogP contribution in [0.1, 0.15) is 6.92 Å². The van der Waals surface area contributed by atoms with Crippen LogP contribution in [0.5, 0.6) is 17.2 Å². The number of piperazine rings is 1. The van der Waals surface area contributed by atoms with Gasteiger partial charge in [0.25, 0.3) is 0 Å². The molecule has 2 aromatic carbocycles. The Morgan fingerprint density at radius 2 is 1.71 bits per heavy atom. The molecule has 38 heavy (non-hydrogen) atoms. The van der Waals surface area contributed by atoms with E-state index < -0.39 is 0 Å². The van der Waals surface area contributed by atoms with Crippen LogP contribution in [0.25, 0.3) is 16.8 Å². The van der Waals surface area contributed by atoms with E-state index in [1.807, 2.05) is 53.9 Å². The molecular formula is C28H34N6O4. The Balaban J connectivity index is 1.38. The standard InChI is InChI=1S/C28H34N6O4/c1-19(35)18-32-11-13-33(14-12-32)20-5-8-24(27(15-20)38-4)30-28-29-17-21-6-9-25(34(21)31-28)23-16-22(36-2)7-10-26(23)37-3/h5-10,15-17,19,35H,11-14,18H2,1-4H3,(H,30,31)/t19-/m0/s1. The molecule has 2 N–H and O–H groups in total. The highest BCUT2D eigenvalue weighted by Gasteiger charge is 2.20. The van der Waals surface area contributed by atoms with Crippen molar-refractivity contribution >= 4 is 22.8 Å². The highest BCUT2D eigenvalue weighted by molar-refractivity contribution is 5.74. The van der Waals surface area contributed by atoms with Gasteiger partial charge in [0.15, 0.2) is 0 Å². The Kier molecular flexibility index (Phi) is 7.52. The van der Waals surface area contributed by atoms with Gasteiger partial charge in [0.1, 0.15) is 17.2 Å². The second kappa shape index (κ2) is 11.2. The molecule has 0 saturated carbocycles. The van der Waals surface area contributed by atoms with Crippen LogP contribution in [0.3, 0.4) is 0 Å². The molecule has 3 heterocycles. The maximum atomic E-state index is 9.67. The molecule has 1 aliphatic rings. The molecule has 0 radical (unpaired) electrons. The number of nitrogens with zero attached hydrogens (tertiary/aromatic N) is 5. The molecule has 10 heteroatoms. The number of ether oxygens (including phenoxy) is 3. The van der Waals surface area contributed by atoms with Gasteiger partial charge in [-0.3, -0.25) is 4.90 Å². The Morgan fingerprint density at radius 3 is 2.42 bits per heavy atom. The first kappa shape index (κ1) is 25.6. The monoisotopic (exact) mass is 518 g/mol. The first-order valence-corrected chi connectivity index (χ1v) is 12.7. The van der Waals surface area contributed by atoms with Gasteiger partial charge >= 0.3 is 0 Å². The minimum Gasteiger partial charge on any atom is -0.497 e. The third kappa shape index (κ3) is 5.32. The Hall–Kier alpha value is -4.02. The zero-order valence-corrected chi connectivity index (χ0v) is 22.2. The van der Waals surface area contributed by atoms with Gasteiger partial charge < -0.3 is 29.5 Å². The predicted molar refractivity (Wildman–Crippen MR) is 148 cm³/mol. The molecule has 5 rings (SSSR count). The van der Waals surface area contributed by atoms with Crippen molar-refractivity contribution in [1.29, 1.82) is 0 Å². The van der Waals surface area contributed by atoms with Crippen molar-refractivity contribution in [3.05, 3.63) is 54.7 Å². The minimum atomic E-state index is -0.311. The van der Waals surface area contributed by atoms with E-state index in [0.717, 1.165) is 65.8 Å². The van der Waals surface area contributed by atoms with Gasteiger partial charge in [-0.1, -0.05) is 0 Å². The average molecular weight is 519 g/mol. The van der Waals surface area contributed by atoms with E-state index in [-0.39, 0.29) is 6.10 Å². The van der Waals surface area contributed by atoms with Gasteiger partial charge in [0, 0.05) is 50.0 Å². The maximum absolute atomic E-state index is 9.67. The molecule has 200 valence electrons. The van der Waals surface area contributed by atoms with Crippen LogP contribution in [0, 0.1) is 0 Å². The summed E-state index contributed by atoms with van der Waals surface area (Å²) in [5, 5.41) is 17.7. The smallest absolute Gasteiger partial charge is 0.245 e. The summed E-state index contributed by atoms with van der Waals surface area (Å²) in [5.74, 6) is 2.61. The second-order valence-corrected chi connectivity index (χ2v) is 9.35. The second-order valence-electron chi connectivity index (χ2n) is 9.35. The van der Waals surface area contributed by atoms with E-state index in [4.69, 9.17) is 19.3 Å².